The fourth-order valence-electron chi connectivity index (χ4n) is 5.55. The van der Waals surface area contributed by atoms with Crippen molar-refractivity contribution in [3.63, 3.8) is 0 Å². The lowest BCUT2D eigenvalue weighted by atomic mass is 9.95. The van der Waals surface area contributed by atoms with Gasteiger partial charge in [-0.25, -0.2) is 0 Å². The van der Waals surface area contributed by atoms with Crippen LogP contribution < -0.4 is 4.65 Å². The normalized spacial score (nSPS) is 10.4. The zero-order chi connectivity index (χ0) is 31.9. The van der Waals surface area contributed by atoms with Crippen molar-refractivity contribution >= 4 is 98.6 Å². The van der Waals surface area contributed by atoms with E-state index in [2.05, 4.69) is 180 Å². The predicted molar refractivity (Wildman–Crippen MR) is 215 cm³/mol. The first-order chi connectivity index (χ1) is 22.5. The number of rotatable bonds is 3. The Morgan fingerprint density at radius 1 is 0.468 bits per heavy atom. The molecule has 1 N–H and O–H groups in total. The Balaban J connectivity index is 0.000000172. The summed E-state index contributed by atoms with van der Waals surface area (Å²) in [4.78, 5) is 0. The summed E-state index contributed by atoms with van der Waals surface area (Å²) < 4.78 is 8.05. The Morgan fingerprint density at radius 2 is 0.979 bits per heavy atom. The third kappa shape index (κ3) is 7.97. The molecule has 0 heterocycles. The Morgan fingerprint density at radius 3 is 1.57 bits per heavy atom. The van der Waals surface area contributed by atoms with Crippen LogP contribution in [0.2, 0.25) is 0 Å². The van der Waals surface area contributed by atoms with Crippen molar-refractivity contribution in [1.82, 2.24) is 0 Å². The minimum absolute atomic E-state index is 0. The summed E-state index contributed by atoms with van der Waals surface area (Å²) in [5.74, 6) is 0.639. The molecule has 2 nitrogen and oxygen atoms in total. The lowest BCUT2D eigenvalue weighted by molar-refractivity contribution is 0.454. The van der Waals surface area contributed by atoms with Crippen molar-refractivity contribution < 1.29 is 11.1 Å². The summed E-state index contributed by atoms with van der Waals surface area (Å²) in [6.07, 6.45) is 0. The second kappa shape index (κ2) is 16.3. The smallest absolute Gasteiger partial charge is 0.537 e. The Labute approximate surface area is 303 Å². The van der Waals surface area contributed by atoms with E-state index in [9.17, 15) is 0 Å². The fraction of sp³-hybridized carbons (Fsp3) is 0.0244. The Bertz CT molecular complexity index is 2200. The molecule has 233 valence electrons. The predicted octanol–water partition coefficient (Wildman–Crippen LogP) is 13.4. The molecule has 0 aliphatic rings. The fourth-order valence-corrected chi connectivity index (χ4v) is 6.92. The van der Waals surface area contributed by atoms with Crippen LogP contribution in [0, 0.1) is 0 Å². The van der Waals surface area contributed by atoms with Crippen LogP contribution in [0.4, 0.5) is 0 Å². The quantitative estimate of drug-likeness (QED) is 0.142. The molecule has 0 saturated heterocycles. The number of para-hydroxylation sites is 1. The summed E-state index contributed by atoms with van der Waals surface area (Å²) in [7, 11) is 0.662. The third-order valence-electron chi connectivity index (χ3n) is 7.67. The molecule has 0 aromatic heterocycles. The molecule has 8 aromatic carbocycles. The number of hydrogen-bond acceptors (Lipinski definition) is 2. The lowest BCUT2D eigenvalue weighted by Gasteiger charge is -2.10. The molecule has 8 aromatic rings. The van der Waals surface area contributed by atoms with Gasteiger partial charge in [0.25, 0.3) is 0 Å². The van der Waals surface area contributed by atoms with Gasteiger partial charge in [0, 0.05) is 14.8 Å². The highest BCUT2D eigenvalue weighted by Gasteiger charge is 2.07. The van der Waals surface area contributed by atoms with E-state index in [4.69, 9.17) is 5.02 Å². The zero-order valence-corrected chi connectivity index (χ0v) is 29.3. The van der Waals surface area contributed by atoms with Crippen LogP contribution in [-0.4, -0.2) is 12.7 Å². The molecule has 1 radical (unpaired) electrons. The van der Waals surface area contributed by atoms with Crippen LogP contribution in [0.3, 0.4) is 0 Å². The average molecular weight is 809 g/mol. The number of halogens is 3. The molecule has 0 spiro atoms. The van der Waals surface area contributed by atoms with E-state index < -0.39 is 0 Å². The van der Waals surface area contributed by atoms with Gasteiger partial charge in [-0.1, -0.05) is 177 Å². The first-order valence-corrected chi connectivity index (χ1v) is 17.0. The van der Waals surface area contributed by atoms with Crippen LogP contribution in [0.5, 0.6) is 5.75 Å². The van der Waals surface area contributed by atoms with Gasteiger partial charge in [0.05, 0.1) is 5.75 Å². The lowest BCUT2D eigenvalue weighted by Crippen LogP contribution is -1.98. The summed E-state index contributed by atoms with van der Waals surface area (Å²) >= 11 is 10.7. The maximum atomic E-state index is 8.17. The first-order valence-electron chi connectivity index (χ1n) is 14.6. The van der Waals surface area contributed by atoms with E-state index in [1.165, 1.54) is 54.2 Å². The minimum atomic E-state index is 0. The molecule has 0 fully saturated rings. The molecule has 0 unspecified atom stereocenters. The third-order valence-corrected chi connectivity index (χ3v) is 9.55. The largest absolute Gasteiger partial charge is 0.569 e. The van der Waals surface area contributed by atoms with Gasteiger partial charge in [0.15, 0.2) is 0 Å². The van der Waals surface area contributed by atoms with Crippen molar-refractivity contribution in [2.24, 2.45) is 0 Å². The number of fused-ring (bicyclic) bond motifs is 6. The van der Waals surface area contributed by atoms with Gasteiger partial charge < -0.3 is 9.68 Å². The van der Waals surface area contributed by atoms with Crippen LogP contribution in [0.15, 0.2) is 171 Å². The molecular formula is C41H33BBr3O2. The maximum Gasteiger partial charge on any atom is 0.569 e. The van der Waals surface area contributed by atoms with E-state index in [1.807, 2.05) is 18.2 Å². The van der Waals surface area contributed by atoms with E-state index in [-0.39, 0.29) is 8.85 Å². The van der Waals surface area contributed by atoms with Crippen molar-refractivity contribution in [2.45, 2.75) is 7.43 Å². The van der Waals surface area contributed by atoms with Gasteiger partial charge in [-0.2, -0.15) is 0 Å². The van der Waals surface area contributed by atoms with Crippen LogP contribution >= 0.6 is 47.8 Å². The van der Waals surface area contributed by atoms with Crippen molar-refractivity contribution in [3.8, 4) is 16.9 Å². The SMILES string of the molecule is Brc1ccc2c(ccc3c(-c4ccccc4)cccc32)c1.Brc1cccc2c1ccc1c(Br)cccc12.C.O[B]Oc1ccccc1.[2HH]. The molecule has 0 aliphatic carbocycles. The standard InChI is InChI=1S/C20H13Br.C14H8Br2.C6H6BO2.CH4.H2/c21-16-10-12-18-15(13-16)9-11-20-17(7-4-8-19(18)20)14-5-2-1-3-6-14;15-13-5-1-3-9-10-4-2-6-14(16)12(10)8-7-11(9)13;8-7-9-6-4-2-1-3-5-6;;/h1-13H;1-8H;1-5,8H;1H4;1H/i;;;;1+1. The van der Waals surface area contributed by atoms with E-state index >= 15 is 0 Å². The van der Waals surface area contributed by atoms with Gasteiger partial charge in [-0.05, 0) is 90.6 Å². The Kier molecular flexibility index (Phi) is 11.9. The molecular weight excluding hydrogens is 775 g/mol. The summed E-state index contributed by atoms with van der Waals surface area (Å²) in [6, 6.07) is 54.0. The van der Waals surface area contributed by atoms with Crippen LogP contribution in [-0.2, 0) is 0 Å². The minimum Gasteiger partial charge on any atom is -0.537 e. The highest BCUT2D eigenvalue weighted by atomic mass is 79.9. The second-order valence-corrected chi connectivity index (χ2v) is 13.1. The first kappa shape index (κ1) is 34.4. The zero-order valence-electron chi connectivity index (χ0n) is 24.6. The number of hydrogen-bond donors (Lipinski definition) is 1. The highest BCUT2D eigenvalue weighted by molar-refractivity contribution is 9.11. The van der Waals surface area contributed by atoms with E-state index in [0.717, 1.165) is 13.4 Å². The van der Waals surface area contributed by atoms with Gasteiger partial charge in [-0.3, -0.25) is 0 Å². The van der Waals surface area contributed by atoms with Gasteiger partial charge in [0.1, 0.15) is 0 Å². The molecule has 0 aliphatic heterocycles. The maximum absolute atomic E-state index is 8.17. The molecule has 0 bridgehead atoms. The number of benzene rings is 8. The van der Waals surface area contributed by atoms with Gasteiger partial charge >= 0.3 is 7.69 Å². The summed E-state index contributed by atoms with van der Waals surface area (Å²) in [5.41, 5.74) is 2.55. The van der Waals surface area contributed by atoms with Crippen LogP contribution in [0.25, 0.3) is 54.2 Å². The summed E-state index contributed by atoms with van der Waals surface area (Å²) in [5, 5.41) is 18.4. The van der Waals surface area contributed by atoms with E-state index in [1.54, 1.807) is 12.1 Å². The summed E-state index contributed by atoms with van der Waals surface area (Å²) in [6.45, 7) is 0. The molecule has 8 rings (SSSR count). The molecule has 0 saturated carbocycles. The molecule has 0 amide bonds. The van der Waals surface area contributed by atoms with Crippen molar-refractivity contribution in [3.05, 3.63) is 171 Å². The molecule has 47 heavy (non-hydrogen) atoms. The highest BCUT2D eigenvalue weighted by Crippen LogP contribution is 2.35. The van der Waals surface area contributed by atoms with Gasteiger partial charge in [0.2, 0.25) is 0 Å². The van der Waals surface area contributed by atoms with Gasteiger partial charge in [-0.15, -0.1) is 0 Å². The van der Waals surface area contributed by atoms with E-state index in [0.29, 0.717) is 13.4 Å². The average Bonchev–Trinajstić information content (AvgIpc) is 3.10. The van der Waals surface area contributed by atoms with Crippen molar-refractivity contribution in [1.29, 1.82) is 0 Å². The monoisotopic (exact) mass is 806 g/mol. The van der Waals surface area contributed by atoms with Crippen molar-refractivity contribution in [2.75, 3.05) is 0 Å². The van der Waals surface area contributed by atoms with Crippen LogP contribution in [0.1, 0.15) is 8.85 Å². The molecule has 0 atom stereocenters. The molecule has 6 heteroatoms. The Hall–Kier alpha value is -3.94. The second-order valence-electron chi connectivity index (χ2n) is 10.5. The topological polar surface area (TPSA) is 29.5 Å².